The van der Waals surface area contributed by atoms with Crippen LogP contribution in [0.1, 0.15) is 23.7 Å². The highest BCUT2D eigenvalue weighted by atomic mass is 19.4. The van der Waals surface area contributed by atoms with E-state index in [0.717, 1.165) is 0 Å². The topological polar surface area (TPSA) is 106 Å². The van der Waals surface area contributed by atoms with Crippen molar-refractivity contribution < 1.29 is 27.8 Å². The monoisotopic (exact) mass is 463 g/mol. The van der Waals surface area contributed by atoms with Gasteiger partial charge in [0.1, 0.15) is 0 Å². The van der Waals surface area contributed by atoms with E-state index in [1.807, 2.05) is 0 Å². The lowest BCUT2D eigenvalue weighted by Crippen LogP contribution is -2.41. The number of aromatic nitrogens is 3. The fraction of sp³-hybridized carbons (Fsp3) is 0.409. The van der Waals surface area contributed by atoms with Gasteiger partial charge >= 0.3 is 6.18 Å². The van der Waals surface area contributed by atoms with E-state index in [-0.39, 0.29) is 23.7 Å². The summed E-state index contributed by atoms with van der Waals surface area (Å²) in [5, 5.41) is 10.1. The number of rotatable bonds is 4. The third-order valence-electron chi connectivity index (χ3n) is 5.89. The standard InChI is InChI=1S/C22H24F3N5O3/c1-13-3-4-14(21(2,32)22(23,24)25)9-16(13)17-11-27-20-19(26)28-15(12-30(17)20)10-18(31)29-5-7-33-8-6-29/h3-4,9,11-12,32H,5-8,10H2,1-2H3,(H2,26,28). The van der Waals surface area contributed by atoms with E-state index in [1.165, 1.54) is 24.4 Å². The molecule has 176 valence electrons. The molecule has 1 atom stereocenters. The van der Waals surface area contributed by atoms with Crippen LogP contribution in [0.5, 0.6) is 0 Å². The van der Waals surface area contributed by atoms with Crippen LogP contribution < -0.4 is 5.73 Å². The fourth-order valence-corrected chi connectivity index (χ4v) is 3.79. The molecule has 1 fully saturated rings. The Morgan fingerprint density at radius 3 is 2.64 bits per heavy atom. The van der Waals surface area contributed by atoms with Gasteiger partial charge in [-0.3, -0.25) is 9.20 Å². The van der Waals surface area contributed by atoms with E-state index in [2.05, 4.69) is 9.97 Å². The average Bonchev–Trinajstić information content (AvgIpc) is 3.18. The Balaban J connectivity index is 1.75. The number of benzene rings is 1. The third-order valence-corrected chi connectivity index (χ3v) is 5.89. The van der Waals surface area contributed by atoms with Gasteiger partial charge in [-0.2, -0.15) is 13.2 Å². The highest BCUT2D eigenvalue weighted by Crippen LogP contribution is 2.40. The second-order valence-corrected chi connectivity index (χ2v) is 8.22. The first-order valence-electron chi connectivity index (χ1n) is 10.4. The van der Waals surface area contributed by atoms with Crippen LogP contribution in [0.4, 0.5) is 19.0 Å². The maximum absolute atomic E-state index is 13.4. The molecule has 1 aromatic carbocycles. The molecule has 1 aliphatic heterocycles. The Hall–Kier alpha value is -3.18. The Bertz CT molecular complexity index is 1200. The minimum absolute atomic E-state index is 0.0135. The molecule has 0 spiro atoms. The lowest BCUT2D eigenvalue weighted by molar-refractivity contribution is -0.258. The highest BCUT2D eigenvalue weighted by molar-refractivity contribution is 5.79. The number of hydrogen-bond donors (Lipinski definition) is 2. The van der Waals surface area contributed by atoms with Crippen LogP contribution in [0, 0.1) is 6.92 Å². The van der Waals surface area contributed by atoms with Crippen molar-refractivity contribution in [3.63, 3.8) is 0 Å². The summed E-state index contributed by atoms with van der Waals surface area (Å²) in [5.41, 5.74) is 5.07. The molecule has 0 radical (unpaired) electrons. The van der Waals surface area contributed by atoms with Gasteiger partial charge in [0.05, 0.1) is 37.2 Å². The summed E-state index contributed by atoms with van der Waals surface area (Å²) in [4.78, 5) is 22.9. The lowest BCUT2D eigenvalue weighted by Gasteiger charge is -2.27. The molecule has 4 rings (SSSR count). The molecule has 3 N–H and O–H groups in total. The molecule has 11 heteroatoms. The smallest absolute Gasteiger partial charge is 0.381 e. The van der Waals surface area contributed by atoms with Crippen LogP contribution >= 0.6 is 0 Å². The maximum atomic E-state index is 13.4. The normalized spacial score (nSPS) is 16.7. The minimum atomic E-state index is -4.85. The summed E-state index contributed by atoms with van der Waals surface area (Å²) in [7, 11) is 0. The van der Waals surface area contributed by atoms with Gasteiger partial charge in [-0.15, -0.1) is 0 Å². The zero-order valence-electron chi connectivity index (χ0n) is 18.2. The SMILES string of the molecule is Cc1ccc(C(C)(O)C(F)(F)F)cc1-c1cnc2c(N)nc(CC(=O)N3CCOCC3)cn12. The number of halogens is 3. The first kappa shape index (κ1) is 23.0. The molecule has 8 nitrogen and oxygen atoms in total. The van der Waals surface area contributed by atoms with E-state index in [0.29, 0.717) is 61.4 Å². The molecule has 1 saturated heterocycles. The largest absolute Gasteiger partial charge is 0.421 e. The number of aliphatic hydroxyl groups is 1. The molecule has 33 heavy (non-hydrogen) atoms. The number of carbonyl (C=O) groups is 1. The van der Waals surface area contributed by atoms with Crippen LogP contribution in [0.2, 0.25) is 0 Å². The van der Waals surface area contributed by atoms with E-state index in [9.17, 15) is 23.1 Å². The minimum Gasteiger partial charge on any atom is -0.381 e. The molecule has 0 bridgehead atoms. The molecule has 2 aromatic heterocycles. The number of fused-ring (bicyclic) bond motifs is 1. The molecular weight excluding hydrogens is 439 g/mol. The van der Waals surface area contributed by atoms with E-state index in [1.54, 1.807) is 22.4 Å². The lowest BCUT2D eigenvalue weighted by atomic mass is 9.91. The maximum Gasteiger partial charge on any atom is 0.421 e. The third kappa shape index (κ3) is 4.25. The van der Waals surface area contributed by atoms with Gasteiger partial charge in [0, 0.05) is 24.8 Å². The Labute approximate surface area is 187 Å². The van der Waals surface area contributed by atoms with E-state index >= 15 is 0 Å². The average molecular weight is 463 g/mol. The number of morpholine rings is 1. The van der Waals surface area contributed by atoms with Crippen molar-refractivity contribution in [1.29, 1.82) is 0 Å². The van der Waals surface area contributed by atoms with Crippen LogP contribution in [0.3, 0.4) is 0 Å². The molecule has 0 saturated carbocycles. The van der Waals surface area contributed by atoms with E-state index in [4.69, 9.17) is 10.5 Å². The number of aryl methyl sites for hydroxylation is 1. The zero-order valence-corrected chi connectivity index (χ0v) is 18.2. The first-order chi connectivity index (χ1) is 15.5. The summed E-state index contributed by atoms with van der Waals surface area (Å²) in [6.45, 7) is 4.41. The number of nitrogens with two attached hydrogens (primary N) is 1. The number of nitrogen functional groups attached to an aromatic ring is 1. The zero-order chi connectivity index (χ0) is 24.0. The Kier molecular flexibility index (Phi) is 5.79. The van der Waals surface area contributed by atoms with Crippen LogP contribution in [-0.2, 0) is 21.6 Å². The highest BCUT2D eigenvalue weighted by Gasteiger charge is 2.51. The second kappa shape index (κ2) is 8.31. The summed E-state index contributed by atoms with van der Waals surface area (Å²) >= 11 is 0. The molecule has 3 heterocycles. The second-order valence-electron chi connectivity index (χ2n) is 8.22. The van der Waals surface area contributed by atoms with Gasteiger partial charge in [-0.05, 0) is 31.0 Å². The molecule has 0 aliphatic carbocycles. The first-order valence-corrected chi connectivity index (χ1v) is 10.4. The Morgan fingerprint density at radius 1 is 1.27 bits per heavy atom. The number of anilines is 1. The van der Waals surface area contributed by atoms with Gasteiger partial charge in [-0.25, -0.2) is 9.97 Å². The molecule has 3 aromatic rings. The van der Waals surface area contributed by atoms with E-state index < -0.39 is 11.8 Å². The van der Waals surface area contributed by atoms with Crippen molar-refractivity contribution in [2.45, 2.75) is 32.0 Å². The van der Waals surface area contributed by atoms with Crippen molar-refractivity contribution in [1.82, 2.24) is 19.3 Å². The predicted octanol–water partition coefficient (Wildman–Crippen LogP) is 2.46. The molecule has 1 unspecified atom stereocenters. The van der Waals surface area contributed by atoms with Gasteiger partial charge in [-0.1, -0.05) is 12.1 Å². The van der Waals surface area contributed by atoms with Crippen molar-refractivity contribution in [3.05, 3.63) is 47.4 Å². The number of amides is 1. The van der Waals surface area contributed by atoms with Gasteiger partial charge in [0.15, 0.2) is 17.1 Å². The van der Waals surface area contributed by atoms with Gasteiger partial charge < -0.3 is 20.5 Å². The number of alkyl halides is 3. The summed E-state index contributed by atoms with van der Waals surface area (Å²) in [6.07, 6.45) is -1.74. The number of hydrogen-bond acceptors (Lipinski definition) is 6. The Morgan fingerprint density at radius 2 is 1.97 bits per heavy atom. The van der Waals surface area contributed by atoms with Crippen LogP contribution in [-0.4, -0.2) is 62.8 Å². The summed E-state index contributed by atoms with van der Waals surface area (Å²) in [6, 6.07) is 4.05. The fourth-order valence-electron chi connectivity index (χ4n) is 3.79. The quantitative estimate of drug-likeness (QED) is 0.616. The van der Waals surface area contributed by atoms with Crippen molar-refractivity contribution in [2.75, 3.05) is 32.0 Å². The van der Waals surface area contributed by atoms with Gasteiger partial charge in [0.2, 0.25) is 5.91 Å². The summed E-state index contributed by atoms with van der Waals surface area (Å²) in [5.74, 6) is -0.0183. The van der Waals surface area contributed by atoms with Crippen molar-refractivity contribution >= 4 is 17.4 Å². The summed E-state index contributed by atoms with van der Waals surface area (Å²) < 4.78 is 47.1. The number of imidazole rings is 1. The molecule has 1 amide bonds. The van der Waals surface area contributed by atoms with Crippen LogP contribution in [0.15, 0.2) is 30.6 Å². The van der Waals surface area contributed by atoms with Crippen molar-refractivity contribution in [2.24, 2.45) is 0 Å². The molecule has 1 aliphatic rings. The molecular formula is C22H24F3N5O3. The number of carbonyl (C=O) groups excluding carboxylic acids is 1. The predicted molar refractivity (Wildman–Crippen MR) is 114 cm³/mol. The van der Waals surface area contributed by atoms with Crippen LogP contribution in [0.25, 0.3) is 16.9 Å². The number of ether oxygens (including phenoxy) is 1. The van der Waals surface area contributed by atoms with Crippen molar-refractivity contribution in [3.8, 4) is 11.3 Å². The number of nitrogens with zero attached hydrogens (tertiary/aromatic N) is 4. The van der Waals surface area contributed by atoms with Gasteiger partial charge in [0.25, 0.3) is 0 Å².